The van der Waals surface area contributed by atoms with Gasteiger partial charge in [-0.25, -0.2) is 0 Å². The summed E-state index contributed by atoms with van der Waals surface area (Å²) in [6, 6.07) is 9.00. The first-order valence-electron chi connectivity index (χ1n) is 5.53. The Kier molecular flexibility index (Phi) is 3.93. The van der Waals surface area contributed by atoms with E-state index >= 15 is 0 Å². The number of benzene rings is 1. The quantitative estimate of drug-likeness (QED) is 0.924. The van der Waals surface area contributed by atoms with Gasteiger partial charge in [0, 0.05) is 22.6 Å². The fourth-order valence-corrected chi connectivity index (χ4v) is 1.80. The highest BCUT2D eigenvalue weighted by atomic mass is 79.9. The topological polar surface area (TPSA) is 65.8 Å². The van der Waals surface area contributed by atoms with Crippen LogP contribution < -0.4 is 5.32 Å². The second kappa shape index (κ2) is 5.63. The van der Waals surface area contributed by atoms with E-state index in [9.17, 15) is 4.79 Å². The second-order valence-electron chi connectivity index (χ2n) is 3.99. The lowest BCUT2D eigenvalue weighted by atomic mass is 10.2. The number of nitrogens with zero attached hydrogens (tertiary/aromatic N) is 2. The molecule has 1 aromatic carbocycles. The molecule has 0 bridgehead atoms. The maximum Gasteiger partial charge on any atom is 0.257 e. The first kappa shape index (κ1) is 13.2. The lowest BCUT2D eigenvalue weighted by Crippen LogP contribution is -2.12. The number of carbonyl (C=O) groups is 1. The molecule has 19 heavy (non-hydrogen) atoms. The van der Waals surface area contributed by atoms with Crippen LogP contribution in [0.15, 0.2) is 41.1 Å². The Balaban J connectivity index is 2.21. The van der Waals surface area contributed by atoms with Crippen molar-refractivity contribution in [2.45, 2.75) is 6.92 Å². The monoisotopic (exact) mass is 315 g/mol. The molecule has 5 heteroatoms. The van der Waals surface area contributed by atoms with Crippen LogP contribution >= 0.6 is 15.9 Å². The molecule has 2 rings (SSSR count). The van der Waals surface area contributed by atoms with Crippen molar-refractivity contribution in [1.29, 1.82) is 5.26 Å². The third-order valence-electron chi connectivity index (χ3n) is 2.55. The van der Waals surface area contributed by atoms with Crippen molar-refractivity contribution >= 4 is 27.5 Å². The molecule has 1 N–H and O–H groups in total. The molecular weight excluding hydrogens is 306 g/mol. The number of pyridine rings is 1. The number of halogens is 1. The Hall–Kier alpha value is -2.19. The number of nitriles is 1. The van der Waals surface area contributed by atoms with Crippen LogP contribution in [0.2, 0.25) is 0 Å². The van der Waals surface area contributed by atoms with Gasteiger partial charge < -0.3 is 5.32 Å². The molecule has 0 unspecified atom stereocenters. The first-order chi connectivity index (χ1) is 9.10. The smallest absolute Gasteiger partial charge is 0.257 e. The highest BCUT2D eigenvalue weighted by molar-refractivity contribution is 9.10. The standard InChI is InChI=1S/C14H10BrN3O/c1-9-4-12(2-3-13(9)15)18-14(19)11-5-10(6-16)7-17-8-11/h2-5,7-8H,1H3,(H,18,19). The van der Waals surface area contributed by atoms with E-state index in [0.717, 1.165) is 10.0 Å². The van der Waals surface area contributed by atoms with Crippen LogP contribution in [0.3, 0.4) is 0 Å². The van der Waals surface area contributed by atoms with E-state index in [2.05, 4.69) is 26.2 Å². The molecule has 1 heterocycles. The number of nitrogens with one attached hydrogen (secondary N) is 1. The molecule has 0 radical (unpaired) electrons. The van der Waals surface area contributed by atoms with Crippen LogP contribution in [-0.4, -0.2) is 10.9 Å². The van der Waals surface area contributed by atoms with Gasteiger partial charge in [-0.2, -0.15) is 5.26 Å². The van der Waals surface area contributed by atoms with Gasteiger partial charge in [0.1, 0.15) is 6.07 Å². The molecule has 0 spiro atoms. The summed E-state index contributed by atoms with van der Waals surface area (Å²) in [5.41, 5.74) is 2.45. The average Bonchev–Trinajstić information content (AvgIpc) is 2.43. The van der Waals surface area contributed by atoms with Crippen LogP contribution in [0.4, 0.5) is 5.69 Å². The Labute approximate surface area is 119 Å². The summed E-state index contributed by atoms with van der Waals surface area (Å²) in [6.45, 7) is 1.94. The van der Waals surface area contributed by atoms with Crippen LogP contribution in [0.5, 0.6) is 0 Å². The minimum Gasteiger partial charge on any atom is -0.322 e. The summed E-state index contributed by atoms with van der Waals surface area (Å²) in [5.74, 6) is -0.286. The van der Waals surface area contributed by atoms with Crippen LogP contribution in [0.1, 0.15) is 21.5 Å². The van der Waals surface area contributed by atoms with Crippen molar-refractivity contribution in [2.24, 2.45) is 0 Å². The first-order valence-corrected chi connectivity index (χ1v) is 6.32. The zero-order chi connectivity index (χ0) is 13.8. The van der Waals surface area contributed by atoms with Crippen molar-refractivity contribution in [1.82, 2.24) is 4.98 Å². The van der Waals surface area contributed by atoms with Crippen molar-refractivity contribution in [3.63, 3.8) is 0 Å². The number of aromatic nitrogens is 1. The largest absolute Gasteiger partial charge is 0.322 e. The summed E-state index contributed by atoms with van der Waals surface area (Å²) in [6.07, 6.45) is 2.85. The summed E-state index contributed by atoms with van der Waals surface area (Å²) in [5, 5.41) is 11.5. The number of amides is 1. The number of hydrogen-bond acceptors (Lipinski definition) is 3. The second-order valence-corrected chi connectivity index (χ2v) is 4.85. The molecule has 94 valence electrons. The maximum absolute atomic E-state index is 12.0. The minimum atomic E-state index is -0.286. The minimum absolute atomic E-state index is 0.286. The van der Waals surface area contributed by atoms with Crippen LogP contribution in [-0.2, 0) is 0 Å². The fourth-order valence-electron chi connectivity index (χ4n) is 1.55. The zero-order valence-corrected chi connectivity index (χ0v) is 11.7. The van der Waals surface area contributed by atoms with Gasteiger partial charge in [0.25, 0.3) is 5.91 Å². The Morgan fingerprint density at radius 2 is 2.16 bits per heavy atom. The molecule has 1 amide bonds. The molecule has 0 aliphatic carbocycles. The number of anilines is 1. The molecule has 2 aromatic rings. The number of rotatable bonds is 2. The molecule has 0 aliphatic heterocycles. The van der Waals surface area contributed by atoms with E-state index in [-0.39, 0.29) is 5.91 Å². The number of hydrogen-bond donors (Lipinski definition) is 1. The van der Waals surface area contributed by atoms with Crippen LogP contribution in [0, 0.1) is 18.3 Å². The average molecular weight is 316 g/mol. The predicted molar refractivity (Wildman–Crippen MR) is 75.8 cm³/mol. The van der Waals surface area contributed by atoms with E-state index in [1.54, 1.807) is 6.07 Å². The zero-order valence-electron chi connectivity index (χ0n) is 10.1. The van der Waals surface area contributed by atoms with E-state index in [0.29, 0.717) is 16.8 Å². The third kappa shape index (κ3) is 3.18. The lowest BCUT2D eigenvalue weighted by Gasteiger charge is -2.07. The Bertz CT molecular complexity index is 677. The van der Waals surface area contributed by atoms with Gasteiger partial charge in [-0.3, -0.25) is 9.78 Å². The van der Waals surface area contributed by atoms with Crippen molar-refractivity contribution < 1.29 is 4.79 Å². The number of aryl methyl sites for hydroxylation is 1. The fraction of sp³-hybridized carbons (Fsp3) is 0.0714. The van der Waals surface area contributed by atoms with Gasteiger partial charge in [-0.05, 0) is 36.8 Å². The van der Waals surface area contributed by atoms with Gasteiger partial charge in [0.2, 0.25) is 0 Å². The van der Waals surface area contributed by atoms with Crippen LogP contribution in [0.25, 0.3) is 0 Å². The summed E-state index contributed by atoms with van der Waals surface area (Å²) in [4.78, 5) is 15.9. The highest BCUT2D eigenvalue weighted by Crippen LogP contribution is 2.20. The van der Waals surface area contributed by atoms with Gasteiger partial charge in [-0.15, -0.1) is 0 Å². The summed E-state index contributed by atoms with van der Waals surface area (Å²) < 4.78 is 0.985. The molecule has 0 fully saturated rings. The molecule has 0 aliphatic rings. The molecule has 1 aromatic heterocycles. The Morgan fingerprint density at radius 3 is 2.84 bits per heavy atom. The molecule has 4 nitrogen and oxygen atoms in total. The Morgan fingerprint density at radius 1 is 1.37 bits per heavy atom. The van der Waals surface area contributed by atoms with Gasteiger partial charge in [0.15, 0.2) is 0 Å². The van der Waals surface area contributed by atoms with Gasteiger partial charge in [-0.1, -0.05) is 15.9 Å². The lowest BCUT2D eigenvalue weighted by molar-refractivity contribution is 0.102. The summed E-state index contributed by atoms with van der Waals surface area (Å²) >= 11 is 3.40. The summed E-state index contributed by atoms with van der Waals surface area (Å²) in [7, 11) is 0. The van der Waals surface area contributed by atoms with Crippen molar-refractivity contribution in [2.75, 3.05) is 5.32 Å². The molecule has 0 saturated carbocycles. The molecule has 0 saturated heterocycles. The van der Waals surface area contributed by atoms with E-state index in [1.165, 1.54) is 18.5 Å². The van der Waals surface area contributed by atoms with Gasteiger partial charge >= 0.3 is 0 Å². The SMILES string of the molecule is Cc1cc(NC(=O)c2cncc(C#N)c2)ccc1Br. The van der Waals surface area contributed by atoms with E-state index < -0.39 is 0 Å². The normalized spacial score (nSPS) is 9.74. The predicted octanol–water partition coefficient (Wildman–Crippen LogP) is 3.28. The third-order valence-corrected chi connectivity index (χ3v) is 3.44. The molecule has 0 atom stereocenters. The highest BCUT2D eigenvalue weighted by Gasteiger charge is 2.08. The molecular formula is C14H10BrN3O. The number of carbonyl (C=O) groups excluding carboxylic acids is 1. The van der Waals surface area contributed by atoms with Crippen molar-refractivity contribution in [3.05, 3.63) is 57.8 Å². The van der Waals surface area contributed by atoms with Gasteiger partial charge in [0.05, 0.1) is 11.1 Å². The van der Waals surface area contributed by atoms with Crippen molar-refractivity contribution in [3.8, 4) is 6.07 Å². The maximum atomic E-state index is 12.0. The van der Waals surface area contributed by atoms with E-state index in [1.807, 2.05) is 25.1 Å². The van der Waals surface area contributed by atoms with E-state index in [4.69, 9.17) is 5.26 Å².